The topological polar surface area (TPSA) is 110 Å². The first kappa shape index (κ1) is 17.9. The van der Waals surface area contributed by atoms with Crippen LogP contribution < -0.4 is 9.62 Å². The standard InChI is InChI=1S/C17H17N3O5S/c1-12(21)18-14-9-13-5-2-3-8-17(13)19(11-14)26(24,25)16-7-4-6-15(10-16)20(22)23/h2-8,10,14H,9,11H2,1H3,(H,18,21). The van der Waals surface area contributed by atoms with Crippen LogP contribution in [0, 0.1) is 10.1 Å². The van der Waals surface area contributed by atoms with Gasteiger partial charge in [0.15, 0.2) is 0 Å². The van der Waals surface area contributed by atoms with Gasteiger partial charge in [0.2, 0.25) is 5.91 Å². The van der Waals surface area contributed by atoms with Crippen LogP contribution in [-0.2, 0) is 21.2 Å². The SMILES string of the molecule is CC(=O)NC1Cc2ccccc2N(S(=O)(=O)c2cccc([N+](=O)[O-])c2)C1. The number of amides is 1. The van der Waals surface area contributed by atoms with E-state index in [9.17, 15) is 23.3 Å². The van der Waals surface area contributed by atoms with Crippen molar-refractivity contribution in [3.63, 3.8) is 0 Å². The molecule has 0 saturated heterocycles. The van der Waals surface area contributed by atoms with Crippen LogP contribution in [0.5, 0.6) is 0 Å². The molecule has 1 N–H and O–H groups in total. The van der Waals surface area contributed by atoms with Crippen molar-refractivity contribution in [3.8, 4) is 0 Å². The molecule has 3 rings (SSSR count). The van der Waals surface area contributed by atoms with Gasteiger partial charge in [0.25, 0.3) is 15.7 Å². The van der Waals surface area contributed by atoms with E-state index in [2.05, 4.69) is 5.32 Å². The monoisotopic (exact) mass is 375 g/mol. The Balaban J connectivity index is 2.06. The summed E-state index contributed by atoms with van der Waals surface area (Å²) in [5.41, 5.74) is 1.00. The number of fused-ring (bicyclic) bond motifs is 1. The van der Waals surface area contributed by atoms with Gasteiger partial charge in [-0.2, -0.15) is 0 Å². The minimum absolute atomic E-state index is 0.0572. The average Bonchev–Trinajstić information content (AvgIpc) is 2.60. The number of carbonyl (C=O) groups excluding carboxylic acids is 1. The Morgan fingerprint density at radius 2 is 1.96 bits per heavy atom. The number of nitro benzene ring substituents is 1. The van der Waals surface area contributed by atoms with E-state index in [1.54, 1.807) is 24.3 Å². The molecule has 0 spiro atoms. The molecule has 1 aliphatic heterocycles. The highest BCUT2D eigenvalue weighted by atomic mass is 32.2. The van der Waals surface area contributed by atoms with Crippen LogP contribution in [-0.4, -0.2) is 31.8 Å². The second kappa shape index (κ2) is 6.75. The number of non-ortho nitro benzene ring substituents is 1. The lowest BCUT2D eigenvalue weighted by Crippen LogP contribution is -2.49. The van der Waals surface area contributed by atoms with Crippen LogP contribution in [0.25, 0.3) is 0 Å². The van der Waals surface area contributed by atoms with Crippen molar-refractivity contribution >= 4 is 27.3 Å². The Hall–Kier alpha value is -2.94. The van der Waals surface area contributed by atoms with Crippen molar-refractivity contribution in [2.75, 3.05) is 10.8 Å². The fraction of sp³-hybridized carbons (Fsp3) is 0.235. The Kier molecular flexibility index (Phi) is 4.64. The van der Waals surface area contributed by atoms with Crippen LogP contribution in [0.3, 0.4) is 0 Å². The van der Waals surface area contributed by atoms with Crippen LogP contribution in [0.15, 0.2) is 53.4 Å². The van der Waals surface area contributed by atoms with Crippen LogP contribution in [0.4, 0.5) is 11.4 Å². The van der Waals surface area contributed by atoms with Crippen molar-refractivity contribution in [1.82, 2.24) is 5.32 Å². The quantitative estimate of drug-likeness (QED) is 0.648. The molecule has 2 aromatic carbocycles. The molecule has 1 heterocycles. The number of benzene rings is 2. The number of hydrogen-bond donors (Lipinski definition) is 1. The number of nitrogens with zero attached hydrogens (tertiary/aromatic N) is 2. The number of hydrogen-bond acceptors (Lipinski definition) is 5. The minimum Gasteiger partial charge on any atom is -0.351 e. The van der Waals surface area contributed by atoms with Crippen molar-refractivity contribution in [2.45, 2.75) is 24.3 Å². The summed E-state index contributed by atoms with van der Waals surface area (Å²) >= 11 is 0. The Bertz CT molecular complexity index is 974. The van der Waals surface area contributed by atoms with E-state index in [-0.39, 0.29) is 29.1 Å². The summed E-state index contributed by atoms with van der Waals surface area (Å²) in [7, 11) is -4.02. The van der Waals surface area contributed by atoms with E-state index < -0.39 is 14.9 Å². The second-order valence-corrected chi connectivity index (χ2v) is 7.88. The van der Waals surface area contributed by atoms with Gasteiger partial charge >= 0.3 is 0 Å². The van der Waals surface area contributed by atoms with Crippen molar-refractivity contribution in [1.29, 1.82) is 0 Å². The van der Waals surface area contributed by atoms with Gasteiger partial charge in [-0.15, -0.1) is 0 Å². The van der Waals surface area contributed by atoms with Gasteiger partial charge in [-0.05, 0) is 24.1 Å². The highest BCUT2D eigenvalue weighted by Gasteiger charge is 2.34. The van der Waals surface area contributed by atoms with Gasteiger partial charge in [-0.25, -0.2) is 8.42 Å². The molecule has 1 amide bonds. The van der Waals surface area contributed by atoms with Gasteiger partial charge in [0, 0.05) is 19.1 Å². The van der Waals surface area contributed by atoms with E-state index in [1.165, 1.54) is 29.4 Å². The first-order chi connectivity index (χ1) is 12.3. The molecule has 0 aromatic heterocycles. The Labute approximate surface area is 150 Å². The first-order valence-electron chi connectivity index (χ1n) is 7.91. The summed E-state index contributed by atoms with van der Waals surface area (Å²) in [5.74, 6) is -0.248. The molecule has 0 aliphatic carbocycles. The Morgan fingerprint density at radius 3 is 2.65 bits per heavy atom. The van der Waals surface area contributed by atoms with E-state index in [1.807, 2.05) is 0 Å². The molecule has 26 heavy (non-hydrogen) atoms. The first-order valence-corrected chi connectivity index (χ1v) is 9.35. The minimum atomic E-state index is -4.02. The summed E-state index contributed by atoms with van der Waals surface area (Å²) in [6, 6.07) is 11.6. The summed E-state index contributed by atoms with van der Waals surface area (Å²) < 4.78 is 27.5. The van der Waals surface area contributed by atoms with Crippen molar-refractivity contribution < 1.29 is 18.1 Å². The van der Waals surface area contributed by atoms with Gasteiger partial charge in [0.1, 0.15) is 0 Å². The molecule has 9 heteroatoms. The third-order valence-corrected chi connectivity index (χ3v) is 5.91. The van der Waals surface area contributed by atoms with Crippen molar-refractivity contribution in [3.05, 3.63) is 64.2 Å². The third kappa shape index (κ3) is 3.38. The number of nitrogens with one attached hydrogen (secondary N) is 1. The molecule has 0 radical (unpaired) electrons. The molecule has 0 fully saturated rings. The fourth-order valence-corrected chi connectivity index (χ4v) is 4.64. The molecular formula is C17H17N3O5S. The molecule has 8 nitrogen and oxygen atoms in total. The summed E-state index contributed by atoms with van der Waals surface area (Å²) in [5, 5.41) is 13.7. The number of nitro groups is 1. The maximum atomic E-state index is 13.1. The van der Waals surface area contributed by atoms with Crippen molar-refractivity contribution in [2.24, 2.45) is 0 Å². The van der Waals surface area contributed by atoms with E-state index in [0.717, 1.165) is 11.6 Å². The van der Waals surface area contributed by atoms with Crippen LogP contribution in [0.1, 0.15) is 12.5 Å². The molecular weight excluding hydrogens is 358 g/mol. The second-order valence-electron chi connectivity index (χ2n) is 6.02. The predicted molar refractivity (Wildman–Crippen MR) is 95.4 cm³/mol. The number of para-hydroxylation sites is 1. The van der Waals surface area contributed by atoms with E-state index in [4.69, 9.17) is 0 Å². The van der Waals surface area contributed by atoms with Crippen LogP contribution >= 0.6 is 0 Å². The van der Waals surface area contributed by atoms with Gasteiger partial charge in [-0.3, -0.25) is 19.2 Å². The van der Waals surface area contributed by atoms with Gasteiger partial charge in [-0.1, -0.05) is 24.3 Å². The zero-order chi connectivity index (χ0) is 18.9. The molecule has 2 aromatic rings. The number of carbonyl (C=O) groups is 1. The molecule has 0 bridgehead atoms. The van der Waals surface area contributed by atoms with E-state index >= 15 is 0 Å². The number of rotatable bonds is 4. The molecule has 1 unspecified atom stereocenters. The normalized spacial score (nSPS) is 16.7. The summed E-state index contributed by atoms with van der Waals surface area (Å²) in [6.07, 6.45) is 0.511. The molecule has 136 valence electrons. The average molecular weight is 375 g/mol. The lowest BCUT2D eigenvalue weighted by molar-refractivity contribution is -0.385. The number of sulfonamides is 1. The van der Waals surface area contributed by atoms with Gasteiger partial charge < -0.3 is 5.32 Å². The van der Waals surface area contributed by atoms with Gasteiger partial charge in [0.05, 0.1) is 28.1 Å². The Morgan fingerprint density at radius 1 is 1.23 bits per heavy atom. The fourth-order valence-electron chi connectivity index (χ4n) is 3.05. The highest BCUT2D eigenvalue weighted by Crippen LogP contribution is 2.32. The highest BCUT2D eigenvalue weighted by molar-refractivity contribution is 7.92. The van der Waals surface area contributed by atoms with Crippen LogP contribution in [0.2, 0.25) is 0 Å². The lowest BCUT2D eigenvalue weighted by atomic mass is 10.00. The zero-order valence-corrected chi connectivity index (χ0v) is 14.8. The lowest BCUT2D eigenvalue weighted by Gasteiger charge is -2.35. The maximum Gasteiger partial charge on any atom is 0.270 e. The molecule has 0 saturated carbocycles. The maximum absolute atomic E-state index is 13.1. The third-order valence-electron chi connectivity index (χ3n) is 4.14. The zero-order valence-electron chi connectivity index (χ0n) is 14.0. The summed E-state index contributed by atoms with van der Waals surface area (Å²) in [6.45, 7) is 1.43. The smallest absolute Gasteiger partial charge is 0.270 e. The number of anilines is 1. The molecule has 1 aliphatic rings. The summed E-state index contributed by atoms with van der Waals surface area (Å²) in [4.78, 5) is 21.6. The van der Waals surface area contributed by atoms with E-state index in [0.29, 0.717) is 12.1 Å². The predicted octanol–water partition coefficient (Wildman–Crippen LogP) is 1.85. The largest absolute Gasteiger partial charge is 0.351 e. The molecule has 1 atom stereocenters.